The minimum atomic E-state index is -0.432. The predicted octanol–water partition coefficient (Wildman–Crippen LogP) is -0.146. The molecule has 0 saturated heterocycles. The van der Waals surface area contributed by atoms with E-state index in [4.69, 9.17) is 21.0 Å². The molecule has 10 heavy (non-hydrogen) atoms. The Morgan fingerprint density at radius 2 is 2.30 bits per heavy atom. The molecular formula is C6H10N2O2. The summed E-state index contributed by atoms with van der Waals surface area (Å²) in [6.07, 6.45) is 2.83. The van der Waals surface area contributed by atoms with Gasteiger partial charge in [0.1, 0.15) is 6.26 Å². The number of hydrogen-bond acceptors (Lipinski definition) is 4. The number of aliphatic hydroxyl groups excluding tert-OH is 1. The van der Waals surface area contributed by atoms with Gasteiger partial charge in [0.25, 0.3) is 0 Å². The summed E-state index contributed by atoms with van der Waals surface area (Å²) in [5, 5.41) is 8.61. The van der Waals surface area contributed by atoms with Gasteiger partial charge in [-0.25, -0.2) is 0 Å². The molecule has 0 amide bonds. The minimum Gasteiger partial charge on any atom is -0.470 e. The van der Waals surface area contributed by atoms with E-state index in [2.05, 4.69) is 0 Å². The van der Waals surface area contributed by atoms with E-state index in [9.17, 15) is 0 Å². The average Bonchev–Trinajstić information content (AvgIpc) is 2.34. The number of rotatable bonds is 2. The van der Waals surface area contributed by atoms with Gasteiger partial charge in [0.05, 0.1) is 24.6 Å². The Morgan fingerprint density at radius 3 is 2.70 bits per heavy atom. The molecule has 1 rings (SSSR count). The van der Waals surface area contributed by atoms with E-state index in [1.807, 2.05) is 0 Å². The molecule has 0 spiro atoms. The van der Waals surface area contributed by atoms with Gasteiger partial charge in [0, 0.05) is 5.56 Å². The molecule has 4 heteroatoms. The highest BCUT2D eigenvalue weighted by atomic mass is 16.3. The fourth-order valence-electron chi connectivity index (χ4n) is 0.717. The lowest BCUT2D eigenvalue weighted by atomic mass is 10.1. The van der Waals surface area contributed by atoms with Crippen LogP contribution in [0.25, 0.3) is 0 Å². The minimum absolute atomic E-state index is 0.121. The summed E-state index contributed by atoms with van der Waals surface area (Å²) in [6, 6.07) is -0.432. The first-order chi connectivity index (χ1) is 4.75. The van der Waals surface area contributed by atoms with Crippen LogP contribution in [0, 0.1) is 0 Å². The molecule has 4 nitrogen and oxygen atoms in total. The molecule has 0 aliphatic rings. The quantitative estimate of drug-likeness (QED) is 0.536. The monoisotopic (exact) mass is 142 g/mol. The number of aliphatic hydroxyl groups is 1. The second-order valence-electron chi connectivity index (χ2n) is 2.07. The highest BCUT2D eigenvalue weighted by Crippen LogP contribution is 2.18. The van der Waals surface area contributed by atoms with Gasteiger partial charge >= 0.3 is 0 Å². The number of nitrogens with two attached hydrogens (primary N) is 2. The number of anilines is 1. The van der Waals surface area contributed by atoms with Crippen molar-refractivity contribution in [2.24, 2.45) is 5.73 Å². The Labute approximate surface area is 58.4 Å². The van der Waals surface area contributed by atoms with Crippen LogP contribution < -0.4 is 11.5 Å². The third-order valence-electron chi connectivity index (χ3n) is 1.32. The molecule has 5 N–H and O–H groups in total. The molecule has 1 atom stereocenters. The number of nitrogen functional groups attached to an aromatic ring is 1. The van der Waals surface area contributed by atoms with E-state index in [0.29, 0.717) is 11.3 Å². The van der Waals surface area contributed by atoms with Crippen LogP contribution in [0.2, 0.25) is 0 Å². The zero-order chi connectivity index (χ0) is 7.56. The molecule has 0 saturated carbocycles. The lowest BCUT2D eigenvalue weighted by Gasteiger charge is -2.04. The van der Waals surface area contributed by atoms with Crippen LogP contribution in [0.4, 0.5) is 5.69 Å². The van der Waals surface area contributed by atoms with Crippen LogP contribution in [0.1, 0.15) is 11.6 Å². The van der Waals surface area contributed by atoms with Gasteiger partial charge in [-0.3, -0.25) is 0 Å². The second kappa shape index (κ2) is 2.72. The molecule has 0 bridgehead atoms. The van der Waals surface area contributed by atoms with Gasteiger partial charge in [-0.1, -0.05) is 0 Å². The largest absolute Gasteiger partial charge is 0.470 e. The van der Waals surface area contributed by atoms with Crippen molar-refractivity contribution in [2.45, 2.75) is 6.04 Å². The lowest BCUT2D eigenvalue weighted by Crippen LogP contribution is -2.14. The summed E-state index contributed by atoms with van der Waals surface area (Å²) in [5.41, 5.74) is 12.0. The van der Waals surface area contributed by atoms with Crippen LogP contribution in [0.15, 0.2) is 16.9 Å². The summed E-state index contributed by atoms with van der Waals surface area (Å²) in [7, 11) is 0. The third-order valence-corrected chi connectivity index (χ3v) is 1.32. The van der Waals surface area contributed by atoms with E-state index in [1.165, 1.54) is 12.5 Å². The van der Waals surface area contributed by atoms with E-state index in [1.54, 1.807) is 0 Å². The topological polar surface area (TPSA) is 85.4 Å². The first-order valence-corrected chi connectivity index (χ1v) is 2.93. The fraction of sp³-hybridized carbons (Fsp3) is 0.333. The molecule has 1 heterocycles. The molecule has 1 aromatic heterocycles. The Morgan fingerprint density at radius 1 is 1.60 bits per heavy atom. The predicted molar refractivity (Wildman–Crippen MR) is 37.1 cm³/mol. The Balaban J connectivity index is 2.82. The van der Waals surface area contributed by atoms with Crippen LogP contribution in [-0.2, 0) is 0 Å². The number of hydrogen-bond donors (Lipinski definition) is 3. The Hall–Kier alpha value is -1.00. The third kappa shape index (κ3) is 1.12. The van der Waals surface area contributed by atoms with Crippen LogP contribution in [-0.4, -0.2) is 11.7 Å². The summed E-state index contributed by atoms with van der Waals surface area (Å²) in [4.78, 5) is 0. The first-order valence-electron chi connectivity index (χ1n) is 2.93. The van der Waals surface area contributed by atoms with Crippen molar-refractivity contribution in [2.75, 3.05) is 12.3 Å². The standard InChI is InChI=1S/C6H10N2O2/c7-5(1-9)4-2-10-3-6(4)8/h2-3,5,9H,1,7-8H2/t5-/m0/s1. The van der Waals surface area contributed by atoms with Crippen molar-refractivity contribution < 1.29 is 9.52 Å². The van der Waals surface area contributed by atoms with Crippen LogP contribution in [0.3, 0.4) is 0 Å². The molecular weight excluding hydrogens is 132 g/mol. The van der Waals surface area contributed by atoms with Crippen molar-refractivity contribution in [3.63, 3.8) is 0 Å². The maximum atomic E-state index is 8.61. The molecule has 1 aromatic rings. The van der Waals surface area contributed by atoms with Crippen molar-refractivity contribution in [1.29, 1.82) is 0 Å². The average molecular weight is 142 g/mol. The van der Waals surface area contributed by atoms with E-state index in [-0.39, 0.29) is 6.61 Å². The van der Waals surface area contributed by atoms with Gasteiger partial charge in [-0.15, -0.1) is 0 Å². The molecule has 56 valence electrons. The summed E-state index contributed by atoms with van der Waals surface area (Å²) in [5.74, 6) is 0. The maximum Gasteiger partial charge on any atom is 0.114 e. The zero-order valence-electron chi connectivity index (χ0n) is 5.45. The Kier molecular flexibility index (Phi) is 1.94. The van der Waals surface area contributed by atoms with Gasteiger partial charge < -0.3 is 21.0 Å². The summed E-state index contributed by atoms with van der Waals surface area (Å²) in [6.45, 7) is -0.121. The van der Waals surface area contributed by atoms with Gasteiger partial charge in [0.2, 0.25) is 0 Å². The van der Waals surface area contributed by atoms with Crippen molar-refractivity contribution in [3.8, 4) is 0 Å². The second-order valence-corrected chi connectivity index (χ2v) is 2.07. The number of furan rings is 1. The molecule has 0 fully saturated rings. The molecule has 0 aliphatic heterocycles. The SMILES string of the molecule is Nc1cocc1[C@@H](N)CO. The maximum absolute atomic E-state index is 8.61. The van der Waals surface area contributed by atoms with Crippen molar-refractivity contribution in [1.82, 2.24) is 0 Å². The van der Waals surface area contributed by atoms with E-state index >= 15 is 0 Å². The molecule has 0 unspecified atom stereocenters. The normalized spacial score (nSPS) is 13.4. The van der Waals surface area contributed by atoms with Gasteiger partial charge in [-0.2, -0.15) is 0 Å². The molecule has 0 radical (unpaired) electrons. The highest BCUT2D eigenvalue weighted by molar-refractivity contribution is 5.44. The molecule has 0 aliphatic carbocycles. The van der Waals surface area contributed by atoms with Crippen molar-refractivity contribution >= 4 is 5.69 Å². The van der Waals surface area contributed by atoms with Gasteiger partial charge in [0.15, 0.2) is 0 Å². The lowest BCUT2D eigenvalue weighted by molar-refractivity contribution is 0.267. The Bertz CT molecular complexity index is 209. The molecule has 0 aromatic carbocycles. The zero-order valence-corrected chi connectivity index (χ0v) is 5.45. The summed E-state index contributed by atoms with van der Waals surface area (Å²) >= 11 is 0. The van der Waals surface area contributed by atoms with Crippen molar-refractivity contribution in [3.05, 3.63) is 18.1 Å². The van der Waals surface area contributed by atoms with E-state index < -0.39 is 6.04 Å². The first kappa shape index (κ1) is 7.11. The highest BCUT2D eigenvalue weighted by Gasteiger charge is 2.09. The van der Waals surface area contributed by atoms with Crippen LogP contribution in [0.5, 0.6) is 0 Å². The van der Waals surface area contributed by atoms with E-state index in [0.717, 1.165) is 0 Å². The smallest absolute Gasteiger partial charge is 0.114 e. The fourth-order valence-corrected chi connectivity index (χ4v) is 0.717. The van der Waals surface area contributed by atoms with Gasteiger partial charge in [-0.05, 0) is 0 Å². The summed E-state index contributed by atoms with van der Waals surface area (Å²) < 4.78 is 4.75. The van der Waals surface area contributed by atoms with Crippen LogP contribution >= 0.6 is 0 Å².